The molecule has 1 amide bonds. The Kier molecular flexibility index (Phi) is 5.23. The molecule has 1 heterocycles. The van der Waals surface area contributed by atoms with Crippen LogP contribution in [0.25, 0.3) is 11.0 Å². The number of fused-ring (bicyclic) bond motifs is 1. The van der Waals surface area contributed by atoms with Crippen LogP contribution in [0, 0.1) is 0 Å². The van der Waals surface area contributed by atoms with Gasteiger partial charge < -0.3 is 9.47 Å². The van der Waals surface area contributed by atoms with E-state index in [2.05, 4.69) is 4.98 Å². The zero-order valence-electron chi connectivity index (χ0n) is 13.1. The summed E-state index contributed by atoms with van der Waals surface area (Å²) in [5.41, 5.74) is 0.260. The fourth-order valence-corrected chi connectivity index (χ4v) is 3.10. The summed E-state index contributed by atoms with van der Waals surface area (Å²) < 4.78 is 40.4. The summed E-state index contributed by atoms with van der Waals surface area (Å²) in [5.74, 6) is 0.132. The van der Waals surface area contributed by atoms with E-state index in [4.69, 9.17) is 0 Å². The van der Waals surface area contributed by atoms with Crippen LogP contribution in [0.1, 0.15) is 18.9 Å². The minimum absolute atomic E-state index is 0.0684. The first-order chi connectivity index (χ1) is 10.7. The molecule has 0 bridgehead atoms. The highest BCUT2D eigenvalue weighted by atomic mass is 32.2. The standard InChI is InChI=1S/C15H18F3N3OS/c1-4-7-21-12-8-10(15(16,17)18)5-6-11(12)19-14(21)23-9-13(22)20(2)3/h5-6,8H,4,7,9H2,1-3H3. The van der Waals surface area contributed by atoms with Crippen LogP contribution in [-0.4, -0.2) is 40.2 Å². The number of rotatable bonds is 5. The van der Waals surface area contributed by atoms with Crippen LogP contribution in [-0.2, 0) is 17.5 Å². The predicted octanol–water partition coefficient (Wildman–Crippen LogP) is 3.65. The average molecular weight is 345 g/mol. The average Bonchev–Trinajstić information content (AvgIpc) is 2.81. The Morgan fingerprint density at radius 3 is 2.61 bits per heavy atom. The van der Waals surface area contributed by atoms with Crippen LogP contribution < -0.4 is 0 Å². The highest BCUT2D eigenvalue weighted by Crippen LogP contribution is 2.33. The lowest BCUT2D eigenvalue weighted by atomic mass is 10.2. The van der Waals surface area contributed by atoms with Gasteiger partial charge in [0.15, 0.2) is 5.16 Å². The summed E-state index contributed by atoms with van der Waals surface area (Å²) in [6.45, 7) is 2.50. The molecule has 0 fully saturated rings. The van der Waals surface area contributed by atoms with E-state index in [1.54, 1.807) is 18.7 Å². The highest BCUT2D eigenvalue weighted by Gasteiger charge is 2.31. The molecule has 0 unspecified atom stereocenters. The lowest BCUT2D eigenvalue weighted by Crippen LogP contribution is -2.23. The number of nitrogens with zero attached hydrogens (tertiary/aromatic N) is 3. The number of thioether (sulfide) groups is 1. The molecule has 8 heteroatoms. The number of hydrogen-bond acceptors (Lipinski definition) is 3. The second-order valence-corrected chi connectivity index (χ2v) is 6.27. The van der Waals surface area contributed by atoms with Gasteiger partial charge in [-0.3, -0.25) is 4.79 Å². The van der Waals surface area contributed by atoms with Crippen molar-refractivity contribution < 1.29 is 18.0 Å². The van der Waals surface area contributed by atoms with Gasteiger partial charge in [0.05, 0.1) is 22.3 Å². The molecule has 1 aromatic carbocycles. The summed E-state index contributed by atoms with van der Waals surface area (Å²) in [6.07, 6.45) is -3.62. The van der Waals surface area contributed by atoms with Crippen LogP contribution in [0.5, 0.6) is 0 Å². The number of aryl methyl sites for hydroxylation is 1. The topological polar surface area (TPSA) is 38.1 Å². The van der Waals surface area contributed by atoms with Crippen molar-refractivity contribution in [2.45, 2.75) is 31.2 Å². The number of carbonyl (C=O) groups is 1. The summed E-state index contributed by atoms with van der Waals surface area (Å²) in [5, 5.41) is 0.566. The highest BCUT2D eigenvalue weighted by molar-refractivity contribution is 7.99. The van der Waals surface area contributed by atoms with Crippen molar-refractivity contribution in [3.63, 3.8) is 0 Å². The summed E-state index contributed by atoms with van der Waals surface area (Å²) in [6, 6.07) is 3.53. The third kappa shape index (κ3) is 3.99. The van der Waals surface area contributed by atoms with E-state index in [9.17, 15) is 18.0 Å². The lowest BCUT2D eigenvalue weighted by molar-refractivity contribution is -0.137. The summed E-state index contributed by atoms with van der Waals surface area (Å²) >= 11 is 1.24. The maximum atomic E-state index is 12.9. The van der Waals surface area contributed by atoms with Gasteiger partial charge in [0.1, 0.15) is 0 Å². The van der Waals surface area contributed by atoms with E-state index in [0.717, 1.165) is 18.6 Å². The molecule has 0 aliphatic carbocycles. The third-order valence-corrected chi connectivity index (χ3v) is 4.27. The van der Waals surface area contributed by atoms with Crippen LogP contribution in [0.2, 0.25) is 0 Å². The Labute approximate surface area is 136 Å². The fraction of sp³-hybridized carbons (Fsp3) is 0.467. The molecule has 0 N–H and O–H groups in total. The molecule has 0 saturated heterocycles. The quantitative estimate of drug-likeness (QED) is 0.777. The molecule has 23 heavy (non-hydrogen) atoms. The van der Waals surface area contributed by atoms with Crippen LogP contribution in [0.15, 0.2) is 23.4 Å². The molecule has 0 aliphatic heterocycles. The molecular formula is C15H18F3N3OS. The van der Waals surface area contributed by atoms with Gasteiger partial charge in [0, 0.05) is 20.6 Å². The number of alkyl halides is 3. The molecule has 1 aromatic heterocycles. The first-order valence-electron chi connectivity index (χ1n) is 7.14. The number of hydrogen-bond donors (Lipinski definition) is 0. The van der Waals surface area contributed by atoms with Crippen molar-refractivity contribution >= 4 is 28.7 Å². The predicted molar refractivity (Wildman–Crippen MR) is 84.4 cm³/mol. The van der Waals surface area contributed by atoms with Crippen LogP contribution in [0.3, 0.4) is 0 Å². The fourth-order valence-electron chi connectivity index (χ4n) is 2.08. The Bertz CT molecular complexity index is 710. The van der Waals surface area contributed by atoms with Crippen molar-refractivity contribution in [2.24, 2.45) is 0 Å². The summed E-state index contributed by atoms with van der Waals surface area (Å²) in [7, 11) is 3.32. The van der Waals surface area contributed by atoms with Crippen LogP contribution >= 0.6 is 11.8 Å². The maximum Gasteiger partial charge on any atom is 0.416 e. The molecule has 0 atom stereocenters. The van der Waals surface area contributed by atoms with E-state index < -0.39 is 11.7 Å². The number of amides is 1. The van der Waals surface area contributed by atoms with Crippen molar-refractivity contribution in [3.8, 4) is 0 Å². The molecule has 2 aromatic rings. The van der Waals surface area contributed by atoms with Crippen molar-refractivity contribution in [2.75, 3.05) is 19.8 Å². The molecule has 0 aliphatic rings. The van der Waals surface area contributed by atoms with Gasteiger partial charge in [-0.1, -0.05) is 18.7 Å². The van der Waals surface area contributed by atoms with Gasteiger partial charge in [-0.15, -0.1) is 0 Å². The number of halogens is 3. The first-order valence-corrected chi connectivity index (χ1v) is 8.13. The van der Waals surface area contributed by atoms with E-state index in [-0.39, 0.29) is 11.7 Å². The lowest BCUT2D eigenvalue weighted by Gasteiger charge is -2.11. The molecule has 4 nitrogen and oxygen atoms in total. The normalized spacial score (nSPS) is 11.9. The Hall–Kier alpha value is -1.70. The molecule has 0 spiro atoms. The Morgan fingerprint density at radius 2 is 2.04 bits per heavy atom. The SMILES string of the molecule is CCCn1c(SCC(=O)N(C)C)nc2ccc(C(F)(F)F)cc21. The number of aromatic nitrogens is 2. The van der Waals surface area contributed by atoms with Gasteiger partial charge in [-0.05, 0) is 24.6 Å². The van der Waals surface area contributed by atoms with Gasteiger partial charge in [0.2, 0.25) is 5.91 Å². The number of carbonyl (C=O) groups excluding carboxylic acids is 1. The van der Waals surface area contributed by atoms with Crippen molar-refractivity contribution in [1.29, 1.82) is 0 Å². The smallest absolute Gasteiger partial charge is 0.348 e. The van der Waals surface area contributed by atoms with E-state index in [1.165, 1.54) is 22.7 Å². The largest absolute Gasteiger partial charge is 0.416 e. The third-order valence-electron chi connectivity index (χ3n) is 3.31. The number of benzene rings is 1. The van der Waals surface area contributed by atoms with Gasteiger partial charge in [-0.25, -0.2) is 4.98 Å². The number of imidazole rings is 1. The first kappa shape index (κ1) is 17.7. The van der Waals surface area contributed by atoms with E-state index >= 15 is 0 Å². The second kappa shape index (κ2) is 6.82. The van der Waals surface area contributed by atoms with Crippen molar-refractivity contribution in [1.82, 2.24) is 14.5 Å². The second-order valence-electron chi connectivity index (χ2n) is 5.32. The van der Waals surface area contributed by atoms with E-state index in [1.807, 2.05) is 6.92 Å². The molecule has 0 radical (unpaired) electrons. The molecule has 0 saturated carbocycles. The van der Waals surface area contributed by atoms with Crippen molar-refractivity contribution in [3.05, 3.63) is 23.8 Å². The van der Waals surface area contributed by atoms with Gasteiger partial charge in [0.25, 0.3) is 0 Å². The molecular weight excluding hydrogens is 327 g/mol. The van der Waals surface area contributed by atoms with E-state index in [0.29, 0.717) is 22.7 Å². The molecule has 126 valence electrons. The Morgan fingerprint density at radius 1 is 1.35 bits per heavy atom. The Balaban J connectivity index is 2.40. The minimum Gasteiger partial charge on any atom is -0.348 e. The minimum atomic E-state index is -4.39. The van der Waals surface area contributed by atoms with Gasteiger partial charge >= 0.3 is 6.18 Å². The molecule has 2 rings (SSSR count). The van der Waals surface area contributed by atoms with Crippen LogP contribution in [0.4, 0.5) is 13.2 Å². The monoisotopic (exact) mass is 345 g/mol. The zero-order chi connectivity index (χ0) is 17.2. The maximum absolute atomic E-state index is 12.9. The zero-order valence-corrected chi connectivity index (χ0v) is 14.0. The summed E-state index contributed by atoms with van der Waals surface area (Å²) in [4.78, 5) is 17.6. The van der Waals surface area contributed by atoms with Gasteiger partial charge in [-0.2, -0.15) is 13.2 Å².